The number of halogens is 3. The summed E-state index contributed by atoms with van der Waals surface area (Å²) in [5, 5.41) is 17.0. The number of likely N-dealkylation sites (N-methyl/N-ethyl adjacent to an activating group) is 1. The Hall–Kier alpha value is -2.72. The van der Waals surface area contributed by atoms with Gasteiger partial charge < -0.3 is 5.11 Å². The van der Waals surface area contributed by atoms with Crippen LogP contribution >= 0.6 is 22.9 Å². The summed E-state index contributed by atoms with van der Waals surface area (Å²) in [5.41, 5.74) is -0.707. The summed E-state index contributed by atoms with van der Waals surface area (Å²) in [6.45, 7) is 0.510. The molecule has 4 aromatic rings. The van der Waals surface area contributed by atoms with Gasteiger partial charge in [0.05, 0.1) is 6.54 Å². The number of hydrogen-bond acceptors (Lipinski definition) is 6. The standard InChI is InChI=1S/C22H20ClF2N5OS/c1-29(10-18-9-27-21(32-18)15-2-4-16(23)5-3-15)11-22(31,12-30-14-26-13-28-30)19-7-6-17(24)8-20(19)25/h2-9,13-14,31H,10-12H2,1H3. The molecule has 0 aliphatic heterocycles. The maximum atomic E-state index is 14.6. The molecule has 0 bridgehead atoms. The molecule has 0 aliphatic carbocycles. The van der Waals surface area contributed by atoms with Gasteiger partial charge in [0.1, 0.15) is 34.9 Å². The van der Waals surface area contributed by atoms with E-state index in [1.54, 1.807) is 6.20 Å². The number of hydrogen-bond donors (Lipinski definition) is 1. The highest BCUT2D eigenvalue weighted by Gasteiger charge is 2.35. The molecule has 166 valence electrons. The number of aliphatic hydroxyl groups is 1. The second-order valence-electron chi connectivity index (χ2n) is 7.56. The van der Waals surface area contributed by atoms with Crippen molar-refractivity contribution in [2.75, 3.05) is 13.6 Å². The van der Waals surface area contributed by atoms with Gasteiger partial charge in [-0.2, -0.15) is 5.10 Å². The highest BCUT2D eigenvalue weighted by Crippen LogP contribution is 2.30. The molecular weight excluding hydrogens is 456 g/mol. The van der Waals surface area contributed by atoms with E-state index in [4.69, 9.17) is 11.6 Å². The number of nitrogens with zero attached hydrogens (tertiary/aromatic N) is 5. The zero-order valence-corrected chi connectivity index (χ0v) is 18.7. The van der Waals surface area contributed by atoms with Gasteiger partial charge in [-0.05, 0) is 25.2 Å². The van der Waals surface area contributed by atoms with Gasteiger partial charge in [-0.3, -0.25) is 4.90 Å². The molecule has 32 heavy (non-hydrogen) atoms. The van der Waals surface area contributed by atoms with Crippen molar-refractivity contribution in [3.8, 4) is 10.6 Å². The fourth-order valence-corrected chi connectivity index (χ4v) is 4.67. The van der Waals surface area contributed by atoms with E-state index in [1.807, 2.05) is 36.2 Å². The molecular formula is C22H20ClF2N5OS. The van der Waals surface area contributed by atoms with Crippen LogP contribution in [0.15, 0.2) is 61.3 Å². The molecule has 0 saturated carbocycles. The van der Waals surface area contributed by atoms with E-state index in [0.29, 0.717) is 11.6 Å². The predicted octanol–water partition coefficient (Wildman–Crippen LogP) is 4.35. The van der Waals surface area contributed by atoms with Crippen molar-refractivity contribution in [1.29, 1.82) is 0 Å². The first-order valence-corrected chi connectivity index (χ1v) is 10.9. The molecule has 0 fully saturated rings. The van der Waals surface area contributed by atoms with Crippen molar-refractivity contribution in [3.05, 3.63) is 88.4 Å². The summed E-state index contributed by atoms with van der Waals surface area (Å²) >= 11 is 7.47. The van der Waals surface area contributed by atoms with Crippen LogP contribution in [0.3, 0.4) is 0 Å². The smallest absolute Gasteiger partial charge is 0.137 e. The maximum absolute atomic E-state index is 14.6. The molecule has 6 nitrogen and oxygen atoms in total. The van der Waals surface area contributed by atoms with Crippen LogP contribution in [0.4, 0.5) is 8.78 Å². The van der Waals surface area contributed by atoms with Crippen molar-refractivity contribution < 1.29 is 13.9 Å². The van der Waals surface area contributed by atoms with Crippen LogP contribution in [0.2, 0.25) is 5.02 Å². The third-order valence-electron chi connectivity index (χ3n) is 4.92. The topological polar surface area (TPSA) is 67.1 Å². The van der Waals surface area contributed by atoms with E-state index in [0.717, 1.165) is 27.6 Å². The predicted molar refractivity (Wildman–Crippen MR) is 119 cm³/mol. The van der Waals surface area contributed by atoms with Gasteiger partial charge in [-0.15, -0.1) is 11.3 Å². The third kappa shape index (κ3) is 5.18. The van der Waals surface area contributed by atoms with E-state index in [-0.39, 0.29) is 18.7 Å². The summed E-state index contributed by atoms with van der Waals surface area (Å²) in [4.78, 5) is 11.2. The summed E-state index contributed by atoms with van der Waals surface area (Å²) in [7, 11) is 1.81. The SMILES string of the molecule is CN(Cc1cnc(-c2ccc(Cl)cc2)s1)CC(O)(Cn1cncn1)c1ccc(F)cc1F. The van der Waals surface area contributed by atoms with E-state index < -0.39 is 17.2 Å². The number of benzene rings is 2. The van der Waals surface area contributed by atoms with E-state index in [9.17, 15) is 13.9 Å². The molecule has 10 heteroatoms. The van der Waals surface area contributed by atoms with Crippen molar-refractivity contribution >= 4 is 22.9 Å². The summed E-state index contributed by atoms with van der Waals surface area (Å²) in [6.07, 6.45) is 4.55. The molecule has 0 radical (unpaired) electrons. The van der Waals surface area contributed by atoms with Crippen molar-refractivity contribution in [1.82, 2.24) is 24.6 Å². The number of aromatic nitrogens is 4. The average molecular weight is 476 g/mol. The first-order chi connectivity index (χ1) is 15.3. The van der Waals surface area contributed by atoms with Gasteiger partial charge in [0.25, 0.3) is 0 Å². The lowest BCUT2D eigenvalue weighted by Crippen LogP contribution is -2.43. The quantitative estimate of drug-likeness (QED) is 0.410. The summed E-state index contributed by atoms with van der Waals surface area (Å²) < 4.78 is 29.5. The van der Waals surface area contributed by atoms with Gasteiger partial charge in [0.2, 0.25) is 0 Å². The van der Waals surface area contributed by atoms with Crippen LogP contribution in [0.1, 0.15) is 10.4 Å². The monoisotopic (exact) mass is 475 g/mol. The van der Waals surface area contributed by atoms with Crippen LogP contribution in [-0.2, 0) is 18.7 Å². The Morgan fingerprint density at radius 1 is 1.19 bits per heavy atom. The minimum absolute atomic E-state index is 0.00703. The van der Waals surface area contributed by atoms with Gasteiger partial charge >= 0.3 is 0 Å². The first kappa shape index (κ1) is 22.5. The molecule has 1 atom stereocenters. The van der Waals surface area contributed by atoms with E-state index >= 15 is 0 Å². The molecule has 0 aliphatic rings. The number of thiazole rings is 1. The summed E-state index contributed by atoms with van der Waals surface area (Å²) in [5.74, 6) is -1.52. The zero-order chi connectivity index (χ0) is 22.7. The third-order valence-corrected chi connectivity index (χ3v) is 6.21. The number of rotatable bonds is 8. The van der Waals surface area contributed by atoms with Crippen LogP contribution in [-0.4, -0.2) is 43.3 Å². The second kappa shape index (κ2) is 9.41. The highest BCUT2D eigenvalue weighted by molar-refractivity contribution is 7.15. The lowest BCUT2D eigenvalue weighted by molar-refractivity contribution is -0.0173. The average Bonchev–Trinajstić information content (AvgIpc) is 3.40. The molecule has 0 amide bonds. The molecule has 4 rings (SSSR count). The van der Waals surface area contributed by atoms with Crippen LogP contribution in [0.5, 0.6) is 0 Å². The Balaban J connectivity index is 1.54. The maximum Gasteiger partial charge on any atom is 0.137 e. The van der Waals surface area contributed by atoms with Crippen LogP contribution in [0, 0.1) is 11.6 Å². The largest absolute Gasteiger partial charge is 0.382 e. The Labute approximate surface area is 192 Å². The van der Waals surface area contributed by atoms with E-state index in [1.165, 1.54) is 34.7 Å². The normalized spacial score (nSPS) is 13.4. The Bertz CT molecular complexity index is 1190. The second-order valence-corrected chi connectivity index (χ2v) is 9.11. The zero-order valence-electron chi connectivity index (χ0n) is 17.1. The van der Waals surface area contributed by atoms with E-state index in [2.05, 4.69) is 15.1 Å². The Kier molecular flexibility index (Phi) is 6.61. The summed E-state index contributed by atoms with van der Waals surface area (Å²) in [6, 6.07) is 10.6. The van der Waals surface area contributed by atoms with Crippen molar-refractivity contribution in [2.45, 2.75) is 18.7 Å². The van der Waals surface area contributed by atoms with Crippen molar-refractivity contribution in [2.24, 2.45) is 0 Å². The first-order valence-electron chi connectivity index (χ1n) is 9.72. The molecule has 2 aromatic heterocycles. The van der Waals surface area contributed by atoms with Gasteiger partial charge in [0, 0.05) is 46.4 Å². The minimum atomic E-state index is -1.66. The molecule has 1 unspecified atom stereocenters. The lowest BCUT2D eigenvalue weighted by Gasteiger charge is -2.33. The van der Waals surface area contributed by atoms with Crippen molar-refractivity contribution in [3.63, 3.8) is 0 Å². The lowest BCUT2D eigenvalue weighted by atomic mass is 9.92. The van der Waals surface area contributed by atoms with Crippen LogP contribution in [0.25, 0.3) is 10.6 Å². The molecule has 2 heterocycles. The fourth-order valence-electron chi connectivity index (χ4n) is 3.54. The van der Waals surface area contributed by atoms with Gasteiger partial charge in [0.15, 0.2) is 0 Å². The molecule has 2 aromatic carbocycles. The fraction of sp³-hybridized carbons (Fsp3) is 0.227. The van der Waals surface area contributed by atoms with Gasteiger partial charge in [-0.1, -0.05) is 29.8 Å². The molecule has 0 spiro atoms. The van der Waals surface area contributed by atoms with Crippen LogP contribution < -0.4 is 0 Å². The highest BCUT2D eigenvalue weighted by atomic mass is 35.5. The van der Waals surface area contributed by atoms with Gasteiger partial charge in [-0.25, -0.2) is 23.4 Å². The Morgan fingerprint density at radius 2 is 1.97 bits per heavy atom. The molecule has 1 N–H and O–H groups in total. The molecule has 0 saturated heterocycles. The Morgan fingerprint density at radius 3 is 2.66 bits per heavy atom. The minimum Gasteiger partial charge on any atom is -0.382 e.